The number of carbonyl (C=O) groups excluding carboxylic acids is 1. The Morgan fingerprint density at radius 2 is 1.81 bits per heavy atom. The zero-order valence-corrected chi connectivity index (χ0v) is 23.8. The number of hydrogen-bond donors (Lipinski definition) is 2. The highest BCUT2D eigenvalue weighted by Gasteiger charge is 2.57. The molecule has 0 aromatic rings. The summed E-state index contributed by atoms with van der Waals surface area (Å²) in [4.78, 5) is 15.0. The zero-order valence-electron chi connectivity index (χ0n) is 23.8. The average Bonchev–Trinajstić information content (AvgIpc) is 3.19. The van der Waals surface area contributed by atoms with Gasteiger partial charge < -0.3 is 10.0 Å². The lowest BCUT2D eigenvalue weighted by Gasteiger charge is -2.59. The van der Waals surface area contributed by atoms with Gasteiger partial charge in [0.05, 0.1) is 6.10 Å². The molecule has 2 N–H and O–H groups in total. The molecule has 0 bridgehead atoms. The van der Waals surface area contributed by atoms with E-state index in [-0.39, 0.29) is 28.3 Å². The Kier molecular flexibility index (Phi) is 7.00. The summed E-state index contributed by atoms with van der Waals surface area (Å²) < 4.78 is 0. The molecule has 5 heteroatoms. The van der Waals surface area contributed by atoms with Crippen LogP contribution in [0.4, 0.5) is 0 Å². The third-order valence-electron chi connectivity index (χ3n) is 11.7. The van der Waals surface area contributed by atoms with Gasteiger partial charge in [0.25, 0.3) is 0 Å². The second-order valence-electron chi connectivity index (χ2n) is 14.1. The zero-order chi connectivity index (χ0) is 25.9. The highest BCUT2D eigenvalue weighted by molar-refractivity contribution is 5.75. The summed E-state index contributed by atoms with van der Waals surface area (Å²) in [6, 6.07) is 0. The number of rotatable bonds is 5. The van der Waals surface area contributed by atoms with Crippen molar-refractivity contribution in [2.24, 2.45) is 34.0 Å². The molecule has 6 atom stereocenters. The number of nitrogens with one attached hydrogen (secondary N) is 1. The van der Waals surface area contributed by atoms with Gasteiger partial charge in [-0.25, -0.2) is 5.01 Å². The van der Waals surface area contributed by atoms with Crippen LogP contribution < -0.4 is 5.43 Å². The van der Waals surface area contributed by atoms with Crippen molar-refractivity contribution in [1.29, 1.82) is 0 Å². The van der Waals surface area contributed by atoms with Gasteiger partial charge in [-0.05, 0) is 104 Å². The number of piperazine rings is 1. The molecule has 5 nitrogen and oxygen atoms in total. The second kappa shape index (κ2) is 9.54. The Hall–Kier alpha value is -1.17. The van der Waals surface area contributed by atoms with Crippen LogP contribution in [0.25, 0.3) is 0 Å². The standard InChI is InChI=1S/C31H51N3O2/c1-21(7-12-28(36)32-34-19-17-33(6)18-20-34)23-9-10-24-22-8-11-26-29(2,3)27(35)14-16-31(26,5)25(22)13-15-30(23,24)4/h10,21,23,26-27,35H,7-9,11-20H2,1-6H3,(H,32,36)/t21-,23-,26+,27+,30-,31-/m1/s1. The van der Waals surface area contributed by atoms with Crippen LogP contribution in [0.5, 0.6) is 0 Å². The van der Waals surface area contributed by atoms with Gasteiger partial charge in [-0.2, -0.15) is 0 Å². The Labute approximate surface area is 219 Å². The van der Waals surface area contributed by atoms with Crippen LogP contribution in [0.15, 0.2) is 22.8 Å². The molecule has 0 radical (unpaired) electrons. The minimum Gasteiger partial charge on any atom is -0.393 e. The van der Waals surface area contributed by atoms with E-state index >= 15 is 0 Å². The van der Waals surface area contributed by atoms with Crippen molar-refractivity contribution in [2.45, 2.75) is 98.5 Å². The molecule has 2 fully saturated rings. The SMILES string of the molecule is C[C@H](CCC(=O)NN1CCN(C)CC1)[C@H]1CC=C2C3=C(CC[C@@]21C)[C@@]1(C)CC[C@H](O)C(C)(C)[C@@H]1CC3. The minimum atomic E-state index is -0.170. The van der Waals surface area contributed by atoms with E-state index in [9.17, 15) is 9.90 Å². The van der Waals surface area contributed by atoms with Gasteiger partial charge in [-0.3, -0.25) is 10.2 Å². The number of carbonyl (C=O) groups is 1. The monoisotopic (exact) mass is 497 g/mol. The van der Waals surface area contributed by atoms with Crippen molar-refractivity contribution in [3.8, 4) is 0 Å². The summed E-state index contributed by atoms with van der Waals surface area (Å²) in [7, 11) is 2.14. The molecule has 0 aromatic heterocycles. The lowest BCUT2D eigenvalue weighted by Crippen LogP contribution is -2.53. The number of amides is 1. The molecule has 202 valence electrons. The van der Waals surface area contributed by atoms with Crippen molar-refractivity contribution in [3.05, 3.63) is 22.8 Å². The summed E-state index contributed by atoms with van der Waals surface area (Å²) >= 11 is 0. The van der Waals surface area contributed by atoms with Gasteiger partial charge >= 0.3 is 0 Å². The van der Waals surface area contributed by atoms with Gasteiger partial charge in [0, 0.05) is 32.6 Å². The van der Waals surface area contributed by atoms with Crippen molar-refractivity contribution in [2.75, 3.05) is 33.2 Å². The third kappa shape index (κ3) is 4.31. The summed E-state index contributed by atoms with van der Waals surface area (Å²) in [6.45, 7) is 15.9. The lowest BCUT2D eigenvalue weighted by molar-refractivity contribution is -0.127. The van der Waals surface area contributed by atoms with Crippen LogP contribution in [0.1, 0.15) is 92.4 Å². The first-order chi connectivity index (χ1) is 17.0. The van der Waals surface area contributed by atoms with Crippen LogP contribution in [0.2, 0.25) is 0 Å². The molecular formula is C31H51N3O2. The van der Waals surface area contributed by atoms with Crippen LogP contribution in [0, 0.1) is 34.0 Å². The quantitative estimate of drug-likeness (QED) is 0.540. The molecule has 36 heavy (non-hydrogen) atoms. The molecule has 1 heterocycles. The largest absolute Gasteiger partial charge is 0.393 e. The molecule has 0 spiro atoms. The van der Waals surface area contributed by atoms with E-state index in [0.29, 0.717) is 24.2 Å². The second-order valence-corrected chi connectivity index (χ2v) is 14.1. The van der Waals surface area contributed by atoms with E-state index < -0.39 is 0 Å². The van der Waals surface area contributed by atoms with E-state index in [4.69, 9.17) is 0 Å². The van der Waals surface area contributed by atoms with Gasteiger partial charge in [-0.1, -0.05) is 46.3 Å². The van der Waals surface area contributed by atoms with Crippen LogP contribution in [-0.4, -0.2) is 60.3 Å². The van der Waals surface area contributed by atoms with Crippen molar-refractivity contribution < 1.29 is 9.90 Å². The number of hydrogen-bond acceptors (Lipinski definition) is 4. The van der Waals surface area contributed by atoms with E-state index in [0.717, 1.165) is 51.9 Å². The number of nitrogens with zero attached hydrogens (tertiary/aromatic N) is 2. The van der Waals surface area contributed by atoms with Gasteiger partial charge in [0.2, 0.25) is 5.91 Å². The van der Waals surface area contributed by atoms with Crippen molar-refractivity contribution in [3.63, 3.8) is 0 Å². The first kappa shape index (κ1) is 26.4. The maximum atomic E-state index is 12.7. The van der Waals surface area contributed by atoms with E-state index in [2.05, 4.69) is 63.1 Å². The highest BCUT2D eigenvalue weighted by atomic mass is 16.3. The number of likely N-dealkylation sites (N-methyl/N-ethyl adjacent to an activating group) is 1. The predicted molar refractivity (Wildman–Crippen MR) is 146 cm³/mol. The predicted octanol–water partition coefficient (Wildman–Crippen LogP) is 5.32. The van der Waals surface area contributed by atoms with Crippen LogP contribution in [0.3, 0.4) is 0 Å². The summed E-state index contributed by atoms with van der Waals surface area (Å²) in [6.07, 6.45) is 12.1. The van der Waals surface area contributed by atoms with E-state index in [1.54, 1.807) is 16.7 Å². The van der Waals surface area contributed by atoms with Crippen molar-refractivity contribution >= 4 is 5.91 Å². The van der Waals surface area contributed by atoms with Crippen molar-refractivity contribution in [1.82, 2.24) is 15.3 Å². The molecular weight excluding hydrogens is 446 g/mol. The Balaban J connectivity index is 1.25. The molecule has 1 saturated heterocycles. The fourth-order valence-corrected chi connectivity index (χ4v) is 9.29. The minimum absolute atomic E-state index is 0.00191. The van der Waals surface area contributed by atoms with E-state index in [1.807, 2.05) is 0 Å². The fourth-order valence-electron chi connectivity index (χ4n) is 9.29. The normalized spacial score (nSPS) is 39.6. The lowest BCUT2D eigenvalue weighted by atomic mass is 9.46. The van der Waals surface area contributed by atoms with E-state index in [1.165, 1.54) is 25.7 Å². The number of aliphatic hydroxyl groups excluding tert-OH is 1. The van der Waals surface area contributed by atoms with Gasteiger partial charge in [0.15, 0.2) is 0 Å². The average molecular weight is 498 g/mol. The molecule has 1 aliphatic heterocycles. The maximum absolute atomic E-state index is 12.7. The number of hydrazine groups is 1. The first-order valence-corrected chi connectivity index (χ1v) is 14.8. The topological polar surface area (TPSA) is 55.8 Å². The van der Waals surface area contributed by atoms with Crippen LogP contribution >= 0.6 is 0 Å². The fraction of sp³-hybridized carbons (Fsp3) is 0.839. The summed E-state index contributed by atoms with van der Waals surface area (Å²) in [5, 5.41) is 12.9. The summed E-state index contributed by atoms with van der Waals surface area (Å²) in [5.41, 5.74) is 8.73. The molecule has 4 aliphatic carbocycles. The molecule has 1 amide bonds. The Morgan fingerprint density at radius 3 is 2.53 bits per heavy atom. The van der Waals surface area contributed by atoms with Gasteiger partial charge in [-0.15, -0.1) is 0 Å². The molecule has 0 unspecified atom stereocenters. The molecule has 5 aliphatic rings. The number of fused-ring (bicyclic) bond motifs is 4. The molecule has 0 aromatic carbocycles. The third-order valence-corrected chi connectivity index (χ3v) is 11.7. The highest BCUT2D eigenvalue weighted by Crippen LogP contribution is 2.66. The molecule has 1 saturated carbocycles. The smallest absolute Gasteiger partial charge is 0.234 e. The summed E-state index contributed by atoms with van der Waals surface area (Å²) in [5.74, 6) is 1.94. The Morgan fingerprint density at radius 1 is 1.08 bits per heavy atom. The maximum Gasteiger partial charge on any atom is 0.234 e. The van der Waals surface area contributed by atoms with Gasteiger partial charge in [0.1, 0.15) is 0 Å². The Bertz CT molecular complexity index is 930. The number of allylic oxidation sites excluding steroid dienone is 4. The van der Waals surface area contributed by atoms with Crippen LogP contribution in [-0.2, 0) is 4.79 Å². The number of aliphatic hydroxyl groups is 1. The first-order valence-electron chi connectivity index (χ1n) is 14.8. The molecule has 5 rings (SSSR count).